The summed E-state index contributed by atoms with van der Waals surface area (Å²) in [4.78, 5) is 20.8. The Bertz CT molecular complexity index is 1180. The van der Waals surface area contributed by atoms with E-state index in [0.29, 0.717) is 5.16 Å². The standard InChI is InChI=1S/C23H26N6OS/c1-14(2)21(22-25-18-7-5-6-8-19(18)26-22)27-20(30)12-31-23-28-24-13-29(23)17-10-9-15(3)16(4)11-17/h5-11,13-14,21H,12H2,1-4H3,(H,25,26)(H,27,30). The second kappa shape index (κ2) is 8.93. The van der Waals surface area contributed by atoms with Crippen molar-refractivity contribution in [1.29, 1.82) is 0 Å². The van der Waals surface area contributed by atoms with Crippen molar-refractivity contribution in [3.8, 4) is 5.69 Å². The van der Waals surface area contributed by atoms with Gasteiger partial charge in [0.05, 0.1) is 22.8 Å². The summed E-state index contributed by atoms with van der Waals surface area (Å²) in [5, 5.41) is 12.0. The Kier molecular flexibility index (Phi) is 6.08. The van der Waals surface area contributed by atoms with Gasteiger partial charge in [-0.2, -0.15) is 0 Å². The number of hydrogen-bond acceptors (Lipinski definition) is 5. The molecule has 0 aliphatic carbocycles. The van der Waals surface area contributed by atoms with Crippen LogP contribution < -0.4 is 5.32 Å². The average molecular weight is 435 g/mol. The fourth-order valence-electron chi connectivity index (χ4n) is 3.39. The minimum Gasteiger partial charge on any atom is -0.345 e. The van der Waals surface area contributed by atoms with Crippen molar-refractivity contribution in [2.75, 3.05) is 5.75 Å². The van der Waals surface area contributed by atoms with E-state index in [1.54, 1.807) is 6.33 Å². The number of H-pyrrole nitrogens is 1. The number of nitrogens with one attached hydrogen (secondary N) is 2. The molecule has 7 nitrogen and oxygen atoms in total. The maximum Gasteiger partial charge on any atom is 0.231 e. The summed E-state index contributed by atoms with van der Waals surface area (Å²) in [6.45, 7) is 8.30. The van der Waals surface area contributed by atoms with Gasteiger partial charge >= 0.3 is 0 Å². The lowest BCUT2D eigenvalue weighted by Gasteiger charge is -2.20. The molecule has 0 aliphatic rings. The zero-order valence-corrected chi connectivity index (χ0v) is 18.9. The lowest BCUT2D eigenvalue weighted by molar-refractivity contribution is -0.119. The summed E-state index contributed by atoms with van der Waals surface area (Å²) in [6, 6.07) is 13.9. The number of hydrogen-bond donors (Lipinski definition) is 2. The number of aryl methyl sites for hydroxylation is 2. The molecule has 2 aromatic heterocycles. The minimum atomic E-state index is -0.196. The fourth-order valence-corrected chi connectivity index (χ4v) is 4.13. The van der Waals surface area contributed by atoms with Crippen LogP contribution >= 0.6 is 11.8 Å². The van der Waals surface area contributed by atoms with Crippen molar-refractivity contribution < 1.29 is 4.79 Å². The summed E-state index contributed by atoms with van der Waals surface area (Å²) in [5.74, 6) is 1.13. The first-order valence-electron chi connectivity index (χ1n) is 10.3. The third kappa shape index (κ3) is 4.64. The largest absolute Gasteiger partial charge is 0.345 e. The van der Waals surface area contributed by atoms with Gasteiger partial charge in [-0.3, -0.25) is 9.36 Å². The van der Waals surface area contributed by atoms with Gasteiger partial charge in [-0.25, -0.2) is 4.98 Å². The molecule has 0 fully saturated rings. The average Bonchev–Trinajstić information content (AvgIpc) is 3.39. The number of benzene rings is 2. The third-order valence-corrected chi connectivity index (χ3v) is 6.25. The molecule has 4 rings (SSSR count). The van der Waals surface area contributed by atoms with Gasteiger partial charge in [-0.1, -0.05) is 43.8 Å². The maximum atomic E-state index is 12.8. The zero-order chi connectivity index (χ0) is 22.0. The van der Waals surface area contributed by atoms with Gasteiger partial charge in [0.15, 0.2) is 5.16 Å². The lowest BCUT2D eigenvalue weighted by Crippen LogP contribution is -2.33. The number of carbonyl (C=O) groups is 1. The van der Waals surface area contributed by atoms with Crippen LogP contribution in [-0.2, 0) is 4.79 Å². The van der Waals surface area contributed by atoms with E-state index >= 15 is 0 Å². The number of nitrogens with zero attached hydrogens (tertiary/aromatic N) is 4. The van der Waals surface area contributed by atoms with Crippen molar-refractivity contribution in [2.45, 2.75) is 38.9 Å². The minimum absolute atomic E-state index is 0.0706. The Morgan fingerprint density at radius 3 is 2.71 bits per heavy atom. The molecule has 160 valence electrons. The Labute approximate surface area is 185 Å². The first-order chi connectivity index (χ1) is 14.9. The van der Waals surface area contributed by atoms with Crippen LogP contribution in [0.1, 0.15) is 36.8 Å². The summed E-state index contributed by atoms with van der Waals surface area (Å²) in [5.41, 5.74) is 5.28. The van der Waals surface area contributed by atoms with E-state index in [9.17, 15) is 4.79 Å². The summed E-state index contributed by atoms with van der Waals surface area (Å²) >= 11 is 1.37. The number of aromatic nitrogens is 5. The number of rotatable bonds is 7. The smallest absolute Gasteiger partial charge is 0.231 e. The molecule has 1 unspecified atom stereocenters. The van der Waals surface area contributed by atoms with E-state index in [0.717, 1.165) is 22.5 Å². The number of fused-ring (bicyclic) bond motifs is 1. The van der Waals surface area contributed by atoms with Crippen LogP contribution in [0.2, 0.25) is 0 Å². The molecule has 8 heteroatoms. The van der Waals surface area contributed by atoms with Gasteiger partial charge in [-0.05, 0) is 55.2 Å². The van der Waals surface area contributed by atoms with Gasteiger partial charge < -0.3 is 10.3 Å². The van der Waals surface area contributed by atoms with Crippen LogP contribution in [0.15, 0.2) is 53.9 Å². The van der Waals surface area contributed by atoms with Crippen molar-refractivity contribution in [3.63, 3.8) is 0 Å². The quantitative estimate of drug-likeness (QED) is 0.422. The highest BCUT2D eigenvalue weighted by Gasteiger charge is 2.22. The number of thioether (sulfide) groups is 1. The van der Waals surface area contributed by atoms with Crippen molar-refractivity contribution in [1.82, 2.24) is 30.0 Å². The van der Waals surface area contributed by atoms with E-state index in [-0.39, 0.29) is 23.6 Å². The molecule has 0 spiro atoms. The molecule has 0 bridgehead atoms. The molecule has 2 heterocycles. The summed E-state index contributed by atoms with van der Waals surface area (Å²) in [6.07, 6.45) is 1.68. The highest BCUT2D eigenvalue weighted by Crippen LogP contribution is 2.24. The fraction of sp³-hybridized carbons (Fsp3) is 0.304. The molecular weight excluding hydrogens is 408 g/mol. The Morgan fingerprint density at radius 2 is 1.97 bits per heavy atom. The van der Waals surface area contributed by atoms with E-state index in [2.05, 4.69) is 65.3 Å². The van der Waals surface area contributed by atoms with Crippen LogP contribution in [0, 0.1) is 19.8 Å². The molecule has 4 aromatic rings. The van der Waals surface area contributed by atoms with Crippen LogP contribution in [0.4, 0.5) is 0 Å². The molecule has 0 radical (unpaired) electrons. The topological polar surface area (TPSA) is 88.5 Å². The van der Waals surface area contributed by atoms with Gasteiger partial charge in [0, 0.05) is 5.69 Å². The summed E-state index contributed by atoms with van der Waals surface area (Å²) in [7, 11) is 0. The first-order valence-corrected chi connectivity index (χ1v) is 11.3. The van der Waals surface area contributed by atoms with Crippen LogP contribution in [0.25, 0.3) is 16.7 Å². The number of imidazole rings is 1. The zero-order valence-electron chi connectivity index (χ0n) is 18.1. The lowest BCUT2D eigenvalue weighted by atomic mass is 10.0. The molecule has 2 N–H and O–H groups in total. The molecular formula is C23H26N6OS. The Hall–Kier alpha value is -3.13. The van der Waals surface area contributed by atoms with E-state index in [4.69, 9.17) is 0 Å². The predicted molar refractivity (Wildman–Crippen MR) is 123 cm³/mol. The number of para-hydroxylation sites is 2. The summed E-state index contributed by atoms with van der Waals surface area (Å²) < 4.78 is 1.91. The highest BCUT2D eigenvalue weighted by molar-refractivity contribution is 7.99. The SMILES string of the molecule is Cc1ccc(-n2cnnc2SCC(=O)NC(c2nc3ccccc3[nH]2)C(C)C)cc1C. The second-order valence-corrected chi connectivity index (χ2v) is 8.91. The number of carbonyl (C=O) groups excluding carboxylic acids is 1. The second-order valence-electron chi connectivity index (χ2n) is 7.97. The van der Waals surface area contributed by atoms with Gasteiger partial charge in [0.25, 0.3) is 0 Å². The van der Waals surface area contributed by atoms with E-state index in [1.165, 1.54) is 22.9 Å². The molecule has 0 saturated heterocycles. The first kappa shape index (κ1) is 21.1. The van der Waals surface area contributed by atoms with Crippen molar-refractivity contribution in [2.24, 2.45) is 5.92 Å². The Balaban J connectivity index is 1.45. The molecule has 1 atom stereocenters. The van der Waals surface area contributed by atoms with Crippen LogP contribution in [0.3, 0.4) is 0 Å². The van der Waals surface area contributed by atoms with Gasteiger partial charge in [0.2, 0.25) is 5.91 Å². The molecule has 31 heavy (non-hydrogen) atoms. The Morgan fingerprint density at radius 1 is 1.16 bits per heavy atom. The van der Waals surface area contributed by atoms with Crippen molar-refractivity contribution in [3.05, 3.63) is 65.7 Å². The maximum absolute atomic E-state index is 12.8. The van der Waals surface area contributed by atoms with Gasteiger partial charge in [-0.15, -0.1) is 10.2 Å². The third-order valence-electron chi connectivity index (χ3n) is 5.30. The van der Waals surface area contributed by atoms with Crippen LogP contribution in [0.5, 0.6) is 0 Å². The van der Waals surface area contributed by atoms with E-state index < -0.39 is 0 Å². The predicted octanol–water partition coefficient (Wildman–Crippen LogP) is 4.37. The number of aromatic amines is 1. The molecule has 0 saturated carbocycles. The molecule has 1 amide bonds. The van der Waals surface area contributed by atoms with Crippen molar-refractivity contribution >= 4 is 28.7 Å². The highest BCUT2D eigenvalue weighted by atomic mass is 32.2. The van der Waals surface area contributed by atoms with Crippen LogP contribution in [-0.4, -0.2) is 36.4 Å². The van der Waals surface area contributed by atoms with Gasteiger partial charge in [0.1, 0.15) is 12.2 Å². The van der Waals surface area contributed by atoms with E-state index in [1.807, 2.05) is 34.9 Å². The normalized spacial score (nSPS) is 12.4. The number of amides is 1. The monoisotopic (exact) mass is 434 g/mol. The molecule has 0 aliphatic heterocycles. The molecule has 2 aromatic carbocycles.